The van der Waals surface area contributed by atoms with Crippen LogP contribution in [0.15, 0.2) is 64.9 Å². The third-order valence-corrected chi connectivity index (χ3v) is 8.26. The van der Waals surface area contributed by atoms with E-state index in [0.29, 0.717) is 21.0 Å². The standard InChI is InChI=1S/C24H25ClN2O4S2/c1-15(2)23(16(3)28)27-24(29)20-11-7-6-10-19(20)18-9-5-4-8-17(18)14-26-33(30,31)22-13-12-21(25)32-22/h4-13,15,23,26H,14H2,1-3H3,(H,27,29)/t23-/m0/s1. The lowest BCUT2D eigenvalue weighted by atomic mass is 9.94. The second-order valence-corrected chi connectivity index (χ2v) is 11.6. The van der Waals surface area contributed by atoms with Crippen LogP contribution in [0.1, 0.15) is 36.7 Å². The Bertz CT molecular complexity index is 1270. The number of amides is 1. The highest BCUT2D eigenvalue weighted by Gasteiger charge is 2.23. The Morgan fingerprint density at radius 2 is 1.61 bits per heavy atom. The Kier molecular flexibility index (Phi) is 8.07. The summed E-state index contributed by atoms with van der Waals surface area (Å²) < 4.78 is 28.4. The molecule has 2 aromatic carbocycles. The summed E-state index contributed by atoms with van der Waals surface area (Å²) in [5.74, 6) is -0.520. The van der Waals surface area contributed by atoms with Gasteiger partial charge in [-0.25, -0.2) is 13.1 Å². The molecule has 0 spiro atoms. The number of nitrogens with one attached hydrogen (secondary N) is 2. The molecule has 0 saturated heterocycles. The van der Waals surface area contributed by atoms with E-state index in [1.165, 1.54) is 19.1 Å². The maximum atomic E-state index is 13.1. The van der Waals surface area contributed by atoms with Crippen molar-refractivity contribution in [2.75, 3.05) is 0 Å². The molecule has 0 bridgehead atoms. The lowest BCUT2D eigenvalue weighted by molar-refractivity contribution is -0.119. The summed E-state index contributed by atoms with van der Waals surface area (Å²) in [5.41, 5.74) is 2.48. The van der Waals surface area contributed by atoms with E-state index in [1.807, 2.05) is 38.1 Å². The zero-order valence-electron chi connectivity index (χ0n) is 18.5. The normalized spacial score (nSPS) is 12.5. The molecule has 0 aliphatic heterocycles. The van der Waals surface area contributed by atoms with Crippen LogP contribution in [0.4, 0.5) is 0 Å². The van der Waals surface area contributed by atoms with Gasteiger partial charge in [0.15, 0.2) is 5.78 Å². The molecule has 33 heavy (non-hydrogen) atoms. The summed E-state index contributed by atoms with van der Waals surface area (Å²) in [4.78, 5) is 25.1. The van der Waals surface area contributed by atoms with Crippen LogP contribution in [0.5, 0.6) is 0 Å². The molecule has 0 radical (unpaired) electrons. The average Bonchev–Trinajstić information content (AvgIpc) is 3.23. The number of benzene rings is 2. The third kappa shape index (κ3) is 6.09. The lowest BCUT2D eigenvalue weighted by Gasteiger charge is -2.21. The van der Waals surface area contributed by atoms with Crippen molar-refractivity contribution in [3.63, 3.8) is 0 Å². The first-order chi connectivity index (χ1) is 15.6. The third-order valence-electron chi connectivity index (χ3n) is 5.14. The number of carbonyl (C=O) groups is 2. The Hall–Kier alpha value is -2.52. The molecule has 3 rings (SSSR count). The number of rotatable bonds is 9. The molecule has 0 fully saturated rings. The second kappa shape index (κ2) is 10.6. The molecular formula is C24H25ClN2O4S2. The summed E-state index contributed by atoms with van der Waals surface area (Å²) in [5, 5.41) is 2.83. The highest BCUT2D eigenvalue weighted by Crippen LogP contribution is 2.29. The zero-order valence-corrected chi connectivity index (χ0v) is 20.9. The maximum absolute atomic E-state index is 13.1. The smallest absolute Gasteiger partial charge is 0.252 e. The van der Waals surface area contributed by atoms with Crippen molar-refractivity contribution in [1.82, 2.24) is 10.0 Å². The van der Waals surface area contributed by atoms with E-state index < -0.39 is 16.1 Å². The van der Waals surface area contributed by atoms with Gasteiger partial charge in [-0.05, 0) is 47.7 Å². The van der Waals surface area contributed by atoms with Crippen LogP contribution in [0, 0.1) is 5.92 Å². The molecule has 0 saturated carbocycles. The van der Waals surface area contributed by atoms with Crippen molar-refractivity contribution < 1.29 is 18.0 Å². The molecule has 9 heteroatoms. The number of halogens is 1. The fourth-order valence-electron chi connectivity index (χ4n) is 3.50. The number of hydrogen-bond donors (Lipinski definition) is 2. The molecule has 1 amide bonds. The molecule has 0 aliphatic rings. The first-order valence-corrected chi connectivity index (χ1v) is 13.0. The molecule has 2 N–H and O–H groups in total. The molecule has 0 aliphatic carbocycles. The Morgan fingerprint density at radius 1 is 0.970 bits per heavy atom. The SMILES string of the molecule is CC(=O)[C@@H](NC(=O)c1ccccc1-c1ccccc1CNS(=O)(=O)c1ccc(Cl)s1)C(C)C. The Labute approximate surface area is 203 Å². The Balaban J connectivity index is 1.91. The summed E-state index contributed by atoms with van der Waals surface area (Å²) in [6, 6.07) is 16.7. The minimum Gasteiger partial charge on any atom is -0.342 e. The van der Waals surface area contributed by atoms with Crippen LogP contribution < -0.4 is 10.0 Å². The van der Waals surface area contributed by atoms with Crippen molar-refractivity contribution >= 4 is 44.7 Å². The van der Waals surface area contributed by atoms with Crippen LogP contribution in [-0.4, -0.2) is 26.2 Å². The van der Waals surface area contributed by atoms with Crippen molar-refractivity contribution in [2.24, 2.45) is 5.92 Å². The predicted octanol–water partition coefficient (Wildman–Crippen LogP) is 4.89. The number of Topliss-reactive ketones (excluding diaryl/α,β-unsaturated/α-hetero) is 1. The molecule has 1 aromatic heterocycles. The van der Waals surface area contributed by atoms with Crippen LogP contribution in [0.25, 0.3) is 11.1 Å². The first-order valence-electron chi connectivity index (χ1n) is 10.3. The quantitative estimate of drug-likeness (QED) is 0.434. The zero-order chi connectivity index (χ0) is 24.2. The first kappa shape index (κ1) is 25.1. The van der Waals surface area contributed by atoms with E-state index in [1.54, 1.807) is 24.3 Å². The average molecular weight is 505 g/mol. The number of ketones is 1. The maximum Gasteiger partial charge on any atom is 0.252 e. The van der Waals surface area contributed by atoms with Gasteiger partial charge in [0.1, 0.15) is 4.21 Å². The lowest BCUT2D eigenvalue weighted by Crippen LogP contribution is -2.43. The predicted molar refractivity (Wildman–Crippen MR) is 132 cm³/mol. The van der Waals surface area contributed by atoms with Gasteiger partial charge >= 0.3 is 0 Å². The van der Waals surface area contributed by atoms with E-state index in [2.05, 4.69) is 10.0 Å². The van der Waals surface area contributed by atoms with E-state index in [0.717, 1.165) is 16.9 Å². The van der Waals surface area contributed by atoms with Gasteiger partial charge in [0.05, 0.1) is 10.4 Å². The highest BCUT2D eigenvalue weighted by atomic mass is 35.5. The van der Waals surface area contributed by atoms with Crippen molar-refractivity contribution in [3.05, 3.63) is 76.1 Å². The number of sulfonamides is 1. The van der Waals surface area contributed by atoms with Crippen molar-refractivity contribution in [1.29, 1.82) is 0 Å². The van der Waals surface area contributed by atoms with E-state index in [-0.39, 0.29) is 28.4 Å². The van der Waals surface area contributed by atoms with Gasteiger partial charge < -0.3 is 5.32 Å². The number of hydrogen-bond acceptors (Lipinski definition) is 5. The fourth-order valence-corrected chi connectivity index (χ4v) is 6.03. The van der Waals surface area contributed by atoms with Crippen molar-refractivity contribution in [2.45, 2.75) is 37.6 Å². The van der Waals surface area contributed by atoms with Gasteiger partial charge in [0, 0.05) is 12.1 Å². The number of carbonyl (C=O) groups excluding carboxylic acids is 2. The molecule has 0 unspecified atom stereocenters. The topological polar surface area (TPSA) is 92.3 Å². The van der Waals surface area contributed by atoms with Crippen LogP contribution in [-0.2, 0) is 21.4 Å². The molecule has 3 aromatic rings. The summed E-state index contributed by atoms with van der Waals surface area (Å²) in [6.45, 7) is 5.24. The fraction of sp³-hybridized carbons (Fsp3) is 0.250. The van der Waals surface area contributed by atoms with E-state index in [4.69, 9.17) is 11.6 Å². The monoisotopic (exact) mass is 504 g/mol. The van der Waals surface area contributed by atoms with Gasteiger partial charge in [-0.3, -0.25) is 9.59 Å². The Morgan fingerprint density at radius 3 is 2.21 bits per heavy atom. The number of thiophene rings is 1. The molecule has 1 heterocycles. The van der Waals surface area contributed by atoms with Crippen LogP contribution >= 0.6 is 22.9 Å². The van der Waals surface area contributed by atoms with Gasteiger partial charge in [-0.2, -0.15) is 0 Å². The van der Waals surface area contributed by atoms with Gasteiger partial charge in [0.25, 0.3) is 5.91 Å². The van der Waals surface area contributed by atoms with Gasteiger partial charge in [0.2, 0.25) is 10.0 Å². The molecule has 6 nitrogen and oxygen atoms in total. The minimum absolute atomic E-state index is 0.0338. The van der Waals surface area contributed by atoms with Crippen molar-refractivity contribution in [3.8, 4) is 11.1 Å². The summed E-state index contributed by atoms with van der Waals surface area (Å²) in [6.07, 6.45) is 0. The van der Waals surface area contributed by atoms with E-state index in [9.17, 15) is 18.0 Å². The molecular weight excluding hydrogens is 480 g/mol. The van der Waals surface area contributed by atoms with Crippen LogP contribution in [0.3, 0.4) is 0 Å². The van der Waals surface area contributed by atoms with Gasteiger partial charge in [-0.1, -0.05) is 67.9 Å². The highest BCUT2D eigenvalue weighted by molar-refractivity contribution is 7.91. The largest absolute Gasteiger partial charge is 0.342 e. The minimum atomic E-state index is -3.73. The molecule has 1 atom stereocenters. The van der Waals surface area contributed by atoms with Crippen LogP contribution in [0.2, 0.25) is 4.34 Å². The second-order valence-electron chi connectivity index (χ2n) is 7.89. The van der Waals surface area contributed by atoms with Gasteiger partial charge in [-0.15, -0.1) is 11.3 Å². The van der Waals surface area contributed by atoms with E-state index >= 15 is 0 Å². The molecule has 174 valence electrons. The summed E-state index contributed by atoms with van der Waals surface area (Å²) in [7, 11) is -3.73. The summed E-state index contributed by atoms with van der Waals surface area (Å²) >= 11 is 6.86.